The van der Waals surface area contributed by atoms with Gasteiger partial charge in [-0.2, -0.15) is 0 Å². The minimum absolute atomic E-state index is 0.130. The van der Waals surface area contributed by atoms with Crippen LogP contribution < -0.4 is 0 Å². The van der Waals surface area contributed by atoms with E-state index in [4.69, 9.17) is 11.6 Å². The van der Waals surface area contributed by atoms with E-state index in [2.05, 4.69) is 16.8 Å². The maximum Gasteiger partial charge on any atom is 0.294 e. The number of hydrogen-bond donors (Lipinski definition) is 0. The number of hydrogen-bond acceptors (Lipinski definition) is 5. The van der Waals surface area contributed by atoms with Crippen molar-refractivity contribution in [1.29, 1.82) is 0 Å². The molecule has 1 atom stereocenters. The first-order valence-electron chi connectivity index (χ1n) is 10.00. The van der Waals surface area contributed by atoms with E-state index in [1.165, 1.54) is 12.4 Å². The second kappa shape index (κ2) is 8.87. The Hall–Kier alpha value is -3.23. The number of benzene rings is 2. The Labute approximate surface area is 184 Å². The molecule has 0 aliphatic carbocycles. The molecule has 0 saturated carbocycles. The van der Waals surface area contributed by atoms with Gasteiger partial charge in [-0.15, -0.1) is 0 Å². The molecule has 0 N–H and O–H groups in total. The smallest absolute Gasteiger partial charge is 0.294 e. The summed E-state index contributed by atoms with van der Waals surface area (Å²) in [7, 11) is 0. The molecule has 8 nitrogen and oxygen atoms in total. The fraction of sp³-hybridized carbons (Fsp3) is 0.273. The molecule has 0 radical (unpaired) electrons. The lowest BCUT2D eigenvalue weighted by molar-refractivity contribution is -0.384. The average Bonchev–Trinajstić information content (AvgIpc) is 3.33. The standard InChI is InChI=1S/C22H22ClN5O3/c1-16(18-4-2-3-5-19(18)23)25-10-12-26(13-11-25)22(29)17-6-7-20(21(14-17)28(30)31)27-9-8-24-15-27/h2-9,14-16H,10-13H2,1H3. The maximum absolute atomic E-state index is 13.0. The van der Waals surface area contributed by atoms with Crippen molar-refractivity contribution in [3.63, 3.8) is 0 Å². The van der Waals surface area contributed by atoms with Crippen LogP contribution in [0.2, 0.25) is 5.02 Å². The number of nitro benzene ring substituents is 1. The van der Waals surface area contributed by atoms with Crippen LogP contribution in [0.4, 0.5) is 5.69 Å². The highest BCUT2D eigenvalue weighted by molar-refractivity contribution is 6.31. The van der Waals surface area contributed by atoms with Crippen LogP contribution in [0.3, 0.4) is 0 Å². The molecule has 0 spiro atoms. The average molecular weight is 440 g/mol. The fourth-order valence-corrected chi connectivity index (χ4v) is 4.22. The number of carbonyl (C=O) groups excluding carboxylic acids is 1. The Kier molecular flexibility index (Phi) is 6.01. The molecule has 1 aliphatic rings. The number of piperazine rings is 1. The third-order valence-corrected chi connectivity index (χ3v) is 6.05. The molecule has 31 heavy (non-hydrogen) atoms. The van der Waals surface area contributed by atoms with Crippen LogP contribution >= 0.6 is 11.6 Å². The second-order valence-electron chi connectivity index (χ2n) is 7.46. The van der Waals surface area contributed by atoms with Crippen molar-refractivity contribution in [3.8, 4) is 5.69 Å². The largest absolute Gasteiger partial charge is 0.336 e. The molecule has 1 unspecified atom stereocenters. The number of halogens is 1. The molecule has 9 heteroatoms. The Morgan fingerprint density at radius 3 is 2.55 bits per heavy atom. The van der Waals surface area contributed by atoms with Crippen molar-refractivity contribution in [3.05, 3.63) is 87.4 Å². The summed E-state index contributed by atoms with van der Waals surface area (Å²) >= 11 is 6.34. The number of rotatable bonds is 5. The first kappa shape index (κ1) is 21.0. The Bertz CT molecular complexity index is 1090. The van der Waals surface area contributed by atoms with E-state index in [1.54, 1.807) is 34.0 Å². The first-order chi connectivity index (χ1) is 15.0. The molecular weight excluding hydrogens is 418 g/mol. The van der Waals surface area contributed by atoms with Crippen molar-refractivity contribution in [2.45, 2.75) is 13.0 Å². The fourth-order valence-electron chi connectivity index (χ4n) is 3.93. The number of imidazole rings is 1. The van der Waals surface area contributed by atoms with E-state index in [1.807, 2.05) is 24.3 Å². The quantitative estimate of drug-likeness (QED) is 0.444. The van der Waals surface area contributed by atoms with Gasteiger partial charge in [-0.1, -0.05) is 29.8 Å². The molecular formula is C22H22ClN5O3. The van der Waals surface area contributed by atoms with E-state index in [-0.39, 0.29) is 17.6 Å². The summed E-state index contributed by atoms with van der Waals surface area (Å²) in [6.07, 6.45) is 4.66. The van der Waals surface area contributed by atoms with Crippen LogP contribution in [0.1, 0.15) is 28.9 Å². The molecule has 3 aromatic rings. The molecule has 2 heterocycles. The number of nitrogens with zero attached hydrogens (tertiary/aromatic N) is 5. The van der Waals surface area contributed by atoms with Crippen LogP contribution in [0, 0.1) is 10.1 Å². The van der Waals surface area contributed by atoms with Crippen LogP contribution in [-0.2, 0) is 0 Å². The summed E-state index contributed by atoms with van der Waals surface area (Å²) in [6, 6.07) is 12.5. The predicted octanol–water partition coefficient (Wildman–Crippen LogP) is 3.95. The lowest BCUT2D eigenvalue weighted by atomic mass is 10.1. The summed E-state index contributed by atoms with van der Waals surface area (Å²) in [5, 5.41) is 12.3. The van der Waals surface area contributed by atoms with Crippen molar-refractivity contribution < 1.29 is 9.72 Å². The SMILES string of the molecule is CC(c1ccccc1Cl)N1CCN(C(=O)c2ccc(-n3ccnc3)c([N+](=O)[O-])c2)CC1. The van der Waals surface area contributed by atoms with Crippen molar-refractivity contribution >= 4 is 23.2 Å². The zero-order valence-electron chi connectivity index (χ0n) is 17.0. The lowest BCUT2D eigenvalue weighted by Crippen LogP contribution is -2.49. The van der Waals surface area contributed by atoms with Crippen LogP contribution in [0.25, 0.3) is 5.69 Å². The van der Waals surface area contributed by atoms with Crippen molar-refractivity contribution in [1.82, 2.24) is 19.4 Å². The minimum atomic E-state index is -0.477. The van der Waals surface area contributed by atoms with Gasteiger partial charge in [0.1, 0.15) is 5.69 Å². The molecule has 160 valence electrons. The van der Waals surface area contributed by atoms with E-state index in [9.17, 15) is 14.9 Å². The van der Waals surface area contributed by atoms with Crippen LogP contribution in [-0.4, -0.2) is 56.4 Å². The number of nitro groups is 1. The molecule has 1 aromatic heterocycles. The van der Waals surface area contributed by atoms with Gasteiger partial charge >= 0.3 is 0 Å². The molecule has 1 saturated heterocycles. The van der Waals surface area contributed by atoms with Gasteiger partial charge in [-0.25, -0.2) is 4.98 Å². The van der Waals surface area contributed by atoms with Gasteiger partial charge in [0, 0.05) is 61.3 Å². The summed E-state index contributed by atoms with van der Waals surface area (Å²) in [6.45, 7) is 4.60. The molecule has 1 fully saturated rings. The van der Waals surface area contributed by atoms with Gasteiger partial charge in [0.25, 0.3) is 11.6 Å². The van der Waals surface area contributed by atoms with E-state index in [0.717, 1.165) is 10.6 Å². The first-order valence-corrected chi connectivity index (χ1v) is 10.4. The highest BCUT2D eigenvalue weighted by Gasteiger charge is 2.27. The summed E-state index contributed by atoms with van der Waals surface area (Å²) in [5.74, 6) is -0.203. The summed E-state index contributed by atoms with van der Waals surface area (Å²) in [5.41, 5.74) is 1.62. The van der Waals surface area contributed by atoms with Gasteiger partial charge in [0.2, 0.25) is 0 Å². The second-order valence-corrected chi connectivity index (χ2v) is 7.86. The van der Waals surface area contributed by atoms with E-state index < -0.39 is 4.92 Å². The topological polar surface area (TPSA) is 84.5 Å². The zero-order chi connectivity index (χ0) is 22.0. The van der Waals surface area contributed by atoms with Crippen molar-refractivity contribution in [2.24, 2.45) is 0 Å². The normalized spacial score (nSPS) is 15.6. The van der Waals surface area contributed by atoms with Crippen molar-refractivity contribution in [2.75, 3.05) is 26.2 Å². The lowest BCUT2D eigenvalue weighted by Gasteiger charge is -2.38. The molecule has 1 aliphatic heterocycles. The van der Waals surface area contributed by atoms with Gasteiger partial charge in [0.05, 0.1) is 11.3 Å². The number of carbonyl (C=O) groups is 1. The van der Waals surface area contributed by atoms with Gasteiger partial charge in [-0.05, 0) is 30.7 Å². The van der Waals surface area contributed by atoms with Crippen LogP contribution in [0.5, 0.6) is 0 Å². The zero-order valence-corrected chi connectivity index (χ0v) is 17.8. The minimum Gasteiger partial charge on any atom is -0.336 e. The summed E-state index contributed by atoms with van der Waals surface area (Å²) in [4.78, 5) is 32.1. The number of aromatic nitrogens is 2. The maximum atomic E-state index is 13.0. The van der Waals surface area contributed by atoms with E-state index >= 15 is 0 Å². The Morgan fingerprint density at radius 2 is 1.90 bits per heavy atom. The molecule has 0 bridgehead atoms. The van der Waals surface area contributed by atoms with E-state index in [0.29, 0.717) is 37.4 Å². The van der Waals surface area contributed by atoms with Gasteiger partial charge in [0.15, 0.2) is 0 Å². The number of amides is 1. The third-order valence-electron chi connectivity index (χ3n) is 5.71. The molecule has 4 rings (SSSR count). The Morgan fingerprint density at radius 1 is 1.16 bits per heavy atom. The third kappa shape index (κ3) is 4.30. The predicted molar refractivity (Wildman–Crippen MR) is 118 cm³/mol. The molecule has 2 aromatic carbocycles. The highest BCUT2D eigenvalue weighted by Crippen LogP contribution is 2.29. The van der Waals surface area contributed by atoms with Gasteiger partial charge in [-0.3, -0.25) is 19.8 Å². The monoisotopic (exact) mass is 439 g/mol. The van der Waals surface area contributed by atoms with Crippen LogP contribution in [0.15, 0.2) is 61.2 Å². The Balaban J connectivity index is 1.47. The summed E-state index contributed by atoms with van der Waals surface area (Å²) < 4.78 is 1.56. The van der Waals surface area contributed by atoms with Gasteiger partial charge < -0.3 is 9.47 Å². The highest BCUT2D eigenvalue weighted by atomic mass is 35.5. The molecule has 1 amide bonds.